The average molecular weight is 265 g/mol. The molecule has 0 aliphatic carbocycles. The molecule has 5 heteroatoms. The molecule has 1 aromatic rings. The van der Waals surface area contributed by atoms with Crippen molar-refractivity contribution in [3.05, 3.63) is 35.9 Å². The lowest BCUT2D eigenvalue weighted by Crippen LogP contribution is -2.36. The molecular formula is C14H19NO4. The summed E-state index contributed by atoms with van der Waals surface area (Å²) >= 11 is 0. The summed E-state index contributed by atoms with van der Waals surface area (Å²) in [5, 5.41) is 2.70. The highest BCUT2D eigenvalue weighted by Gasteiger charge is 2.20. The Morgan fingerprint density at radius 3 is 2.42 bits per heavy atom. The van der Waals surface area contributed by atoms with E-state index in [-0.39, 0.29) is 24.5 Å². The Morgan fingerprint density at radius 1 is 1.26 bits per heavy atom. The van der Waals surface area contributed by atoms with E-state index in [1.807, 2.05) is 30.3 Å². The number of hydrogen-bond donors (Lipinski definition) is 1. The number of esters is 1. The van der Waals surface area contributed by atoms with Gasteiger partial charge in [0.25, 0.3) is 5.91 Å². The van der Waals surface area contributed by atoms with E-state index in [0.717, 1.165) is 5.56 Å². The smallest absolute Gasteiger partial charge is 0.302 e. The quantitative estimate of drug-likeness (QED) is 0.790. The van der Waals surface area contributed by atoms with Crippen LogP contribution in [0, 0.1) is 0 Å². The second kappa shape index (κ2) is 7.53. The fraction of sp³-hybridized carbons (Fsp3) is 0.429. The van der Waals surface area contributed by atoms with E-state index >= 15 is 0 Å². The summed E-state index contributed by atoms with van der Waals surface area (Å²) in [5.74, 6) is -0.624. The molecule has 0 saturated carbocycles. The van der Waals surface area contributed by atoms with Crippen LogP contribution in [0.4, 0.5) is 0 Å². The predicted molar refractivity (Wildman–Crippen MR) is 70.4 cm³/mol. The minimum atomic E-state index is -0.661. The van der Waals surface area contributed by atoms with Gasteiger partial charge in [-0.1, -0.05) is 30.3 Å². The summed E-state index contributed by atoms with van der Waals surface area (Å²) in [6.07, 6.45) is -1.03. The van der Waals surface area contributed by atoms with Gasteiger partial charge in [0.05, 0.1) is 6.54 Å². The van der Waals surface area contributed by atoms with Crippen molar-refractivity contribution in [1.29, 1.82) is 0 Å². The Morgan fingerprint density at radius 2 is 1.89 bits per heavy atom. The molecule has 0 bridgehead atoms. The van der Waals surface area contributed by atoms with Gasteiger partial charge >= 0.3 is 5.97 Å². The van der Waals surface area contributed by atoms with Crippen LogP contribution in [0.2, 0.25) is 0 Å². The van der Waals surface area contributed by atoms with Crippen LogP contribution in [0.5, 0.6) is 0 Å². The van der Waals surface area contributed by atoms with Gasteiger partial charge in [-0.3, -0.25) is 9.59 Å². The lowest BCUT2D eigenvalue weighted by Gasteiger charge is -2.18. The van der Waals surface area contributed by atoms with Crippen LogP contribution in [0.3, 0.4) is 0 Å². The largest absolute Gasteiger partial charge is 0.461 e. The number of benzene rings is 1. The molecule has 0 fully saturated rings. The van der Waals surface area contributed by atoms with Crippen molar-refractivity contribution >= 4 is 11.9 Å². The molecule has 0 aromatic heterocycles. The number of nitrogens with one attached hydrogen (secondary N) is 1. The molecule has 0 radical (unpaired) electrons. The highest BCUT2D eigenvalue weighted by atomic mass is 16.5. The van der Waals surface area contributed by atoms with Gasteiger partial charge < -0.3 is 14.8 Å². The van der Waals surface area contributed by atoms with E-state index in [1.54, 1.807) is 6.92 Å². The van der Waals surface area contributed by atoms with Gasteiger partial charge in [-0.25, -0.2) is 0 Å². The van der Waals surface area contributed by atoms with E-state index in [4.69, 9.17) is 9.47 Å². The molecule has 1 N–H and O–H groups in total. The summed E-state index contributed by atoms with van der Waals surface area (Å²) in [7, 11) is 1.48. The molecule has 19 heavy (non-hydrogen) atoms. The van der Waals surface area contributed by atoms with Crippen molar-refractivity contribution in [3.63, 3.8) is 0 Å². The van der Waals surface area contributed by atoms with Crippen molar-refractivity contribution in [2.45, 2.75) is 26.1 Å². The average Bonchev–Trinajstić information content (AvgIpc) is 2.38. The molecule has 1 aromatic carbocycles. The summed E-state index contributed by atoms with van der Waals surface area (Å²) in [4.78, 5) is 22.7. The van der Waals surface area contributed by atoms with E-state index in [9.17, 15) is 9.59 Å². The van der Waals surface area contributed by atoms with Crippen molar-refractivity contribution < 1.29 is 19.1 Å². The van der Waals surface area contributed by atoms with E-state index in [2.05, 4.69) is 5.32 Å². The SMILES string of the molecule is CO[C@@H](C(=O)NC[C@H](C)OC(C)=O)c1ccccc1. The first-order valence-electron chi connectivity index (χ1n) is 6.07. The highest BCUT2D eigenvalue weighted by Crippen LogP contribution is 2.15. The zero-order chi connectivity index (χ0) is 14.3. The molecular weight excluding hydrogens is 246 g/mol. The fourth-order valence-corrected chi connectivity index (χ4v) is 1.68. The Bertz CT molecular complexity index is 419. The number of ether oxygens (including phenoxy) is 2. The molecule has 0 unspecified atom stereocenters. The molecule has 0 spiro atoms. The first kappa shape index (κ1) is 15.2. The minimum Gasteiger partial charge on any atom is -0.461 e. The van der Waals surface area contributed by atoms with Gasteiger partial charge in [0, 0.05) is 14.0 Å². The first-order valence-corrected chi connectivity index (χ1v) is 6.07. The first-order chi connectivity index (χ1) is 9.04. The summed E-state index contributed by atoms with van der Waals surface area (Å²) in [6.45, 7) is 3.30. The highest BCUT2D eigenvalue weighted by molar-refractivity contribution is 5.82. The van der Waals surface area contributed by atoms with Gasteiger partial charge in [0.15, 0.2) is 6.10 Å². The number of hydrogen-bond acceptors (Lipinski definition) is 4. The lowest BCUT2D eigenvalue weighted by atomic mass is 10.1. The van der Waals surface area contributed by atoms with Gasteiger partial charge in [0.1, 0.15) is 6.10 Å². The number of carbonyl (C=O) groups excluding carboxylic acids is 2. The van der Waals surface area contributed by atoms with Crippen LogP contribution in [0.1, 0.15) is 25.5 Å². The summed E-state index contributed by atoms with van der Waals surface area (Å²) < 4.78 is 10.1. The third-order valence-electron chi connectivity index (χ3n) is 2.51. The standard InChI is InChI=1S/C14H19NO4/c1-10(19-11(2)16)9-15-14(17)13(18-3)12-7-5-4-6-8-12/h4-8,10,13H,9H2,1-3H3,(H,15,17)/t10-,13+/m0/s1. The van der Waals surface area contributed by atoms with Gasteiger partial charge in [-0.05, 0) is 12.5 Å². The normalized spacial score (nSPS) is 13.4. The maximum atomic E-state index is 12.0. The Kier molecular flexibility index (Phi) is 6.02. The van der Waals surface area contributed by atoms with E-state index in [0.29, 0.717) is 0 Å². The zero-order valence-corrected chi connectivity index (χ0v) is 11.4. The van der Waals surface area contributed by atoms with Crippen LogP contribution in [-0.4, -0.2) is 31.6 Å². The van der Waals surface area contributed by atoms with Crippen molar-refractivity contribution in [2.24, 2.45) is 0 Å². The van der Waals surface area contributed by atoms with Crippen LogP contribution in [-0.2, 0) is 19.1 Å². The van der Waals surface area contributed by atoms with Crippen LogP contribution < -0.4 is 5.32 Å². The van der Waals surface area contributed by atoms with E-state index in [1.165, 1.54) is 14.0 Å². The van der Waals surface area contributed by atoms with Crippen molar-refractivity contribution in [3.8, 4) is 0 Å². The number of rotatable bonds is 6. The summed E-state index contributed by atoms with van der Waals surface area (Å²) in [6, 6.07) is 9.20. The predicted octanol–water partition coefficient (Wildman–Crippen LogP) is 1.44. The van der Waals surface area contributed by atoms with Crippen LogP contribution in [0.15, 0.2) is 30.3 Å². The molecule has 0 aliphatic rings. The Labute approximate surface area is 112 Å². The van der Waals surface area contributed by atoms with Gasteiger partial charge in [-0.15, -0.1) is 0 Å². The maximum absolute atomic E-state index is 12.0. The topological polar surface area (TPSA) is 64.6 Å². The fourth-order valence-electron chi connectivity index (χ4n) is 1.68. The molecule has 0 aliphatic heterocycles. The molecule has 1 amide bonds. The Balaban J connectivity index is 2.54. The second-order valence-electron chi connectivity index (χ2n) is 4.19. The molecule has 1 rings (SSSR count). The Hall–Kier alpha value is -1.88. The van der Waals surface area contributed by atoms with Gasteiger partial charge in [-0.2, -0.15) is 0 Å². The maximum Gasteiger partial charge on any atom is 0.302 e. The third kappa shape index (κ3) is 5.09. The second-order valence-corrected chi connectivity index (χ2v) is 4.19. The van der Waals surface area contributed by atoms with Gasteiger partial charge in [0.2, 0.25) is 0 Å². The molecule has 2 atom stereocenters. The molecule has 0 saturated heterocycles. The van der Waals surface area contributed by atoms with Crippen LogP contribution in [0.25, 0.3) is 0 Å². The number of carbonyl (C=O) groups is 2. The summed E-state index contributed by atoms with van der Waals surface area (Å²) in [5.41, 5.74) is 0.780. The third-order valence-corrected chi connectivity index (χ3v) is 2.51. The molecule has 104 valence electrons. The lowest BCUT2D eigenvalue weighted by molar-refractivity contribution is -0.146. The van der Waals surface area contributed by atoms with Crippen molar-refractivity contribution in [2.75, 3.05) is 13.7 Å². The minimum absolute atomic E-state index is 0.255. The zero-order valence-electron chi connectivity index (χ0n) is 11.4. The van der Waals surface area contributed by atoms with E-state index < -0.39 is 6.10 Å². The molecule has 0 heterocycles. The van der Waals surface area contributed by atoms with Crippen molar-refractivity contribution in [1.82, 2.24) is 5.32 Å². The molecule has 5 nitrogen and oxygen atoms in total. The van der Waals surface area contributed by atoms with Crippen LogP contribution >= 0.6 is 0 Å². The monoisotopic (exact) mass is 265 g/mol. The number of amides is 1. The number of methoxy groups -OCH3 is 1.